The Kier molecular flexibility index (Phi) is 3.23. The Balaban J connectivity index is 2.61. The summed E-state index contributed by atoms with van der Waals surface area (Å²) < 4.78 is 21.2. The van der Waals surface area contributed by atoms with Crippen molar-refractivity contribution in [3.05, 3.63) is 30.5 Å². The molecule has 0 saturated heterocycles. The number of furan rings is 1. The summed E-state index contributed by atoms with van der Waals surface area (Å²) >= 11 is 0. The highest BCUT2D eigenvalue weighted by molar-refractivity contribution is 5.73. The maximum atomic E-state index is 5.37. The van der Waals surface area contributed by atoms with Crippen LogP contribution in [0.1, 0.15) is 0 Å². The lowest BCUT2D eigenvalue weighted by Gasteiger charge is -2.14. The van der Waals surface area contributed by atoms with E-state index in [9.17, 15) is 0 Å². The molecule has 90 valence electrons. The molecule has 0 aliphatic rings. The standard InChI is InChI=1S/C13H14O4/c1-14-11-7-6-9(10-5-4-8-17-10)12(15-2)13(11)16-3/h4-8H,1-3H3. The largest absolute Gasteiger partial charge is 0.493 e. The molecule has 0 amide bonds. The van der Waals surface area contributed by atoms with Crippen molar-refractivity contribution in [2.24, 2.45) is 0 Å². The molecule has 0 atom stereocenters. The molecule has 2 rings (SSSR count). The fourth-order valence-corrected chi connectivity index (χ4v) is 1.73. The lowest BCUT2D eigenvalue weighted by molar-refractivity contribution is 0.324. The van der Waals surface area contributed by atoms with Crippen molar-refractivity contribution in [3.8, 4) is 28.6 Å². The van der Waals surface area contributed by atoms with Gasteiger partial charge >= 0.3 is 0 Å². The molecule has 0 fully saturated rings. The highest BCUT2D eigenvalue weighted by Crippen LogP contribution is 2.44. The van der Waals surface area contributed by atoms with Crippen molar-refractivity contribution in [2.45, 2.75) is 0 Å². The van der Waals surface area contributed by atoms with Crippen LogP contribution in [-0.4, -0.2) is 21.3 Å². The van der Waals surface area contributed by atoms with E-state index in [-0.39, 0.29) is 0 Å². The number of hydrogen-bond acceptors (Lipinski definition) is 4. The van der Waals surface area contributed by atoms with Crippen LogP contribution in [0.4, 0.5) is 0 Å². The van der Waals surface area contributed by atoms with Crippen LogP contribution >= 0.6 is 0 Å². The van der Waals surface area contributed by atoms with Crippen LogP contribution < -0.4 is 14.2 Å². The van der Waals surface area contributed by atoms with Crippen LogP contribution in [0.5, 0.6) is 17.2 Å². The fraction of sp³-hybridized carbons (Fsp3) is 0.231. The molecule has 2 aromatic rings. The van der Waals surface area contributed by atoms with E-state index >= 15 is 0 Å². The van der Waals surface area contributed by atoms with Crippen LogP contribution in [0, 0.1) is 0 Å². The second-order valence-corrected chi connectivity index (χ2v) is 3.36. The third kappa shape index (κ3) is 1.93. The lowest BCUT2D eigenvalue weighted by atomic mass is 10.1. The number of ether oxygens (including phenoxy) is 3. The van der Waals surface area contributed by atoms with Crippen molar-refractivity contribution in [2.75, 3.05) is 21.3 Å². The monoisotopic (exact) mass is 234 g/mol. The minimum atomic E-state index is 0.559. The molecule has 4 heteroatoms. The van der Waals surface area contributed by atoms with E-state index in [2.05, 4.69) is 0 Å². The molecule has 17 heavy (non-hydrogen) atoms. The van der Waals surface area contributed by atoms with E-state index in [0.29, 0.717) is 17.2 Å². The van der Waals surface area contributed by atoms with Gasteiger partial charge in [-0.05, 0) is 24.3 Å². The zero-order valence-corrected chi connectivity index (χ0v) is 10.0. The van der Waals surface area contributed by atoms with Crippen LogP contribution in [0.15, 0.2) is 34.9 Å². The average Bonchev–Trinajstić information content (AvgIpc) is 2.90. The molecule has 0 unspecified atom stereocenters. The molecule has 0 radical (unpaired) electrons. The first kappa shape index (κ1) is 11.4. The summed E-state index contributed by atoms with van der Waals surface area (Å²) in [4.78, 5) is 0. The number of rotatable bonds is 4. The van der Waals surface area contributed by atoms with Crippen molar-refractivity contribution in [3.63, 3.8) is 0 Å². The van der Waals surface area contributed by atoms with E-state index in [4.69, 9.17) is 18.6 Å². The van der Waals surface area contributed by atoms with Gasteiger partial charge in [-0.2, -0.15) is 0 Å². The third-order valence-corrected chi connectivity index (χ3v) is 2.49. The highest BCUT2D eigenvalue weighted by atomic mass is 16.5. The van der Waals surface area contributed by atoms with Gasteiger partial charge in [0.1, 0.15) is 5.76 Å². The van der Waals surface area contributed by atoms with Gasteiger partial charge in [0.25, 0.3) is 0 Å². The highest BCUT2D eigenvalue weighted by Gasteiger charge is 2.18. The van der Waals surface area contributed by atoms with Gasteiger partial charge in [0.05, 0.1) is 33.2 Å². The molecular weight excluding hydrogens is 220 g/mol. The zero-order valence-electron chi connectivity index (χ0n) is 10.0. The van der Waals surface area contributed by atoms with E-state index < -0.39 is 0 Å². The van der Waals surface area contributed by atoms with E-state index in [1.165, 1.54) is 0 Å². The molecule has 0 N–H and O–H groups in total. The van der Waals surface area contributed by atoms with Gasteiger partial charge in [-0.3, -0.25) is 0 Å². The Morgan fingerprint density at radius 2 is 1.65 bits per heavy atom. The Morgan fingerprint density at radius 3 is 2.18 bits per heavy atom. The van der Waals surface area contributed by atoms with E-state index in [0.717, 1.165) is 11.3 Å². The maximum absolute atomic E-state index is 5.37. The number of methoxy groups -OCH3 is 3. The summed E-state index contributed by atoms with van der Waals surface area (Å²) in [6, 6.07) is 7.38. The molecule has 1 aromatic heterocycles. The normalized spacial score (nSPS) is 10.1. The number of hydrogen-bond donors (Lipinski definition) is 0. The molecule has 0 aliphatic heterocycles. The summed E-state index contributed by atoms with van der Waals surface area (Å²) in [7, 11) is 4.75. The van der Waals surface area contributed by atoms with Crippen LogP contribution in [-0.2, 0) is 0 Å². The second-order valence-electron chi connectivity index (χ2n) is 3.36. The van der Waals surface area contributed by atoms with Gasteiger partial charge < -0.3 is 18.6 Å². The second kappa shape index (κ2) is 4.82. The van der Waals surface area contributed by atoms with Crippen molar-refractivity contribution in [1.82, 2.24) is 0 Å². The SMILES string of the molecule is COc1ccc(-c2ccco2)c(OC)c1OC. The summed E-state index contributed by atoms with van der Waals surface area (Å²) in [5.74, 6) is 2.51. The maximum Gasteiger partial charge on any atom is 0.204 e. The molecule has 0 bridgehead atoms. The van der Waals surface area contributed by atoms with Crippen molar-refractivity contribution >= 4 is 0 Å². The van der Waals surface area contributed by atoms with Crippen LogP contribution in [0.2, 0.25) is 0 Å². The van der Waals surface area contributed by atoms with Gasteiger partial charge in [-0.15, -0.1) is 0 Å². The number of benzene rings is 1. The quantitative estimate of drug-likeness (QED) is 0.815. The van der Waals surface area contributed by atoms with Gasteiger partial charge in [0.15, 0.2) is 11.5 Å². The van der Waals surface area contributed by atoms with Crippen LogP contribution in [0.3, 0.4) is 0 Å². The average molecular weight is 234 g/mol. The Bertz CT molecular complexity index is 488. The minimum Gasteiger partial charge on any atom is -0.493 e. The predicted octanol–water partition coefficient (Wildman–Crippen LogP) is 2.97. The summed E-state index contributed by atoms with van der Waals surface area (Å²) in [6.07, 6.45) is 1.62. The van der Waals surface area contributed by atoms with Gasteiger partial charge in [0.2, 0.25) is 5.75 Å². The first-order chi connectivity index (χ1) is 8.31. The summed E-state index contributed by atoms with van der Waals surface area (Å²) in [5, 5.41) is 0. The van der Waals surface area contributed by atoms with Crippen molar-refractivity contribution in [1.29, 1.82) is 0 Å². The first-order valence-electron chi connectivity index (χ1n) is 5.14. The molecule has 0 saturated carbocycles. The zero-order chi connectivity index (χ0) is 12.3. The fourth-order valence-electron chi connectivity index (χ4n) is 1.73. The van der Waals surface area contributed by atoms with Gasteiger partial charge in [0, 0.05) is 0 Å². The molecule has 1 aromatic carbocycles. The summed E-state index contributed by atoms with van der Waals surface area (Å²) in [6.45, 7) is 0. The predicted molar refractivity (Wildman–Crippen MR) is 63.8 cm³/mol. The summed E-state index contributed by atoms with van der Waals surface area (Å²) in [5.41, 5.74) is 0.829. The van der Waals surface area contributed by atoms with Crippen LogP contribution in [0.25, 0.3) is 11.3 Å². The Hall–Kier alpha value is -2.10. The molecule has 0 aliphatic carbocycles. The molecule has 4 nitrogen and oxygen atoms in total. The smallest absolute Gasteiger partial charge is 0.204 e. The van der Waals surface area contributed by atoms with Crippen molar-refractivity contribution < 1.29 is 18.6 Å². The molecular formula is C13H14O4. The lowest BCUT2D eigenvalue weighted by Crippen LogP contribution is -1.96. The third-order valence-electron chi connectivity index (χ3n) is 2.49. The van der Waals surface area contributed by atoms with Gasteiger partial charge in [-0.1, -0.05) is 0 Å². The van der Waals surface area contributed by atoms with E-state index in [1.54, 1.807) is 27.6 Å². The van der Waals surface area contributed by atoms with E-state index in [1.807, 2.05) is 24.3 Å². The molecule has 1 heterocycles. The first-order valence-corrected chi connectivity index (χ1v) is 5.14. The Labute approximate surface area is 99.7 Å². The van der Waals surface area contributed by atoms with Gasteiger partial charge in [-0.25, -0.2) is 0 Å². The topological polar surface area (TPSA) is 40.8 Å². The minimum absolute atomic E-state index is 0.559. The molecule has 0 spiro atoms. The Morgan fingerprint density at radius 1 is 0.882 bits per heavy atom.